The molecule has 4 rings (SSSR count). The zero-order valence-corrected chi connectivity index (χ0v) is 16.7. The molecule has 0 unspecified atom stereocenters. The lowest BCUT2D eigenvalue weighted by Crippen LogP contribution is -2.26. The van der Waals surface area contributed by atoms with Crippen LogP contribution in [-0.2, 0) is 16.9 Å². The van der Waals surface area contributed by atoms with Gasteiger partial charge in [-0.2, -0.15) is 4.80 Å². The van der Waals surface area contributed by atoms with Gasteiger partial charge < -0.3 is 15.4 Å². The second-order valence-corrected chi connectivity index (χ2v) is 7.71. The largest absolute Gasteiger partial charge is 0.482 e. The summed E-state index contributed by atoms with van der Waals surface area (Å²) >= 11 is 0. The first kappa shape index (κ1) is 19.4. The van der Waals surface area contributed by atoms with Gasteiger partial charge in [-0.1, -0.05) is 6.07 Å². The van der Waals surface area contributed by atoms with Crippen LogP contribution in [0, 0.1) is 0 Å². The number of tetrazole rings is 1. The van der Waals surface area contributed by atoms with Gasteiger partial charge in [-0.3, -0.25) is 9.59 Å². The standard InChI is InChI=1S/C19H20N8O3/c1-19(2,3)27-25-17(24-26-27)13-7-14(22-10-21-13)18(29)20-8-11-4-5-15-12(6-11)23-16(28)9-30-15/h4-7,10H,8-9H2,1-3H3,(H,20,29)(H,23,28). The summed E-state index contributed by atoms with van der Waals surface area (Å²) in [5, 5.41) is 17.9. The average molecular weight is 408 g/mol. The Bertz CT molecular complexity index is 1120. The molecule has 0 fully saturated rings. The zero-order chi connectivity index (χ0) is 21.3. The number of benzene rings is 1. The van der Waals surface area contributed by atoms with Gasteiger partial charge in [0.25, 0.3) is 11.8 Å². The second-order valence-electron chi connectivity index (χ2n) is 7.71. The Morgan fingerprint density at radius 1 is 1.27 bits per heavy atom. The molecule has 154 valence electrons. The third-order valence-electron chi connectivity index (χ3n) is 4.27. The number of anilines is 1. The summed E-state index contributed by atoms with van der Waals surface area (Å²) in [7, 11) is 0. The number of nitrogens with zero attached hydrogens (tertiary/aromatic N) is 6. The van der Waals surface area contributed by atoms with Crippen LogP contribution in [0.3, 0.4) is 0 Å². The summed E-state index contributed by atoms with van der Waals surface area (Å²) in [6, 6.07) is 6.84. The number of nitrogens with one attached hydrogen (secondary N) is 2. The quantitative estimate of drug-likeness (QED) is 0.656. The molecule has 1 aromatic carbocycles. The summed E-state index contributed by atoms with van der Waals surface area (Å²) in [5.74, 6) is 0.321. The van der Waals surface area contributed by atoms with Crippen molar-refractivity contribution in [2.45, 2.75) is 32.9 Å². The number of aromatic nitrogens is 6. The predicted octanol–water partition coefficient (Wildman–Crippen LogP) is 1.15. The summed E-state index contributed by atoms with van der Waals surface area (Å²) in [6.07, 6.45) is 1.29. The summed E-state index contributed by atoms with van der Waals surface area (Å²) in [4.78, 5) is 33.7. The summed E-state index contributed by atoms with van der Waals surface area (Å²) in [6.45, 7) is 6.11. The van der Waals surface area contributed by atoms with Crippen LogP contribution in [0.15, 0.2) is 30.6 Å². The van der Waals surface area contributed by atoms with Gasteiger partial charge in [0.15, 0.2) is 6.61 Å². The van der Waals surface area contributed by atoms with Crippen molar-refractivity contribution in [1.82, 2.24) is 35.5 Å². The summed E-state index contributed by atoms with van der Waals surface area (Å²) in [5.41, 5.74) is 1.64. The Hall–Kier alpha value is -3.89. The Kier molecular flexibility index (Phi) is 4.86. The van der Waals surface area contributed by atoms with Gasteiger partial charge in [0.2, 0.25) is 5.82 Å². The third-order valence-corrected chi connectivity index (χ3v) is 4.27. The molecule has 2 amide bonds. The van der Waals surface area contributed by atoms with Crippen molar-refractivity contribution >= 4 is 17.5 Å². The van der Waals surface area contributed by atoms with E-state index in [0.717, 1.165) is 5.56 Å². The minimum Gasteiger partial charge on any atom is -0.482 e. The highest BCUT2D eigenvalue weighted by atomic mass is 16.5. The van der Waals surface area contributed by atoms with Crippen LogP contribution >= 0.6 is 0 Å². The van der Waals surface area contributed by atoms with Gasteiger partial charge in [-0.05, 0) is 49.7 Å². The van der Waals surface area contributed by atoms with Crippen LogP contribution in [0.1, 0.15) is 36.8 Å². The molecular formula is C19H20N8O3. The van der Waals surface area contributed by atoms with E-state index < -0.39 is 0 Å². The highest BCUT2D eigenvalue weighted by Crippen LogP contribution is 2.28. The number of ether oxygens (including phenoxy) is 1. The molecule has 2 aromatic heterocycles. The van der Waals surface area contributed by atoms with Gasteiger partial charge >= 0.3 is 0 Å². The molecule has 0 atom stereocenters. The molecule has 2 N–H and O–H groups in total. The molecule has 0 saturated heterocycles. The maximum absolute atomic E-state index is 12.5. The highest BCUT2D eigenvalue weighted by molar-refractivity contribution is 5.95. The Morgan fingerprint density at radius 2 is 2.10 bits per heavy atom. The van der Waals surface area contributed by atoms with Gasteiger partial charge in [0.1, 0.15) is 23.5 Å². The van der Waals surface area contributed by atoms with Crippen molar-refractivity contribution in [2.75, 3.05) is 11.9 Å². The first-order chi connectivity index (χ1) is 14.3. The lowest BCUT2D eigenvalue weighted by atomic mass is 10.1. The molecule has 1 aliphatic heterocycles. The fraction of sp³-hybridized carbons (Fsp3) is 0.316. The van der Waals surface area contributed by atoms with Crippen LogP contribution in [0.5, 0.6) is 5.75 Å². The van der Waals surface area contributed by atoms with Crippen molar-refractivity contribution < 1.29 is 14.3 Å². The molecule has 11 nitrogen and oxygen atoms in total. The van der Waals surface area contributed by atoms with Crippen LogP contribution in [-0.4, -0.2) is 48.6 Å². The van der Waals surface area contributed by atoms with Gasteiger partial charge in [-0.15, -0.1) is 10.2 Å². The first-order valence-corrected chi connectivity index (χ1v) is 9.26. The highest BCUT2D eigenvalue weighted by Gasteiger charge is 2.19. The molecule has 3 aromatic rings. The smallest absolute Gasteiger partial charge is 0.270 e. The molecule has 0 bridgehead atoms. The third kappa shape index (κ3) is 4.09. The van der Waals surface area contributed by atoms with Crippen molar-refractivity contribution in [3.05, 3.63) is 41.9 Å². The van der Waals surface area contributed by atoms with Crippen LogP contribution in [0.25, 0.3) is 11.5 Å². The predicted molar refractivity (Wildman–Crippen MR) is 106 cm³/mol. The van der Waals surface area contributed by atoms with Crippen LogP contribution < -0.4 is 15.4 Å². The maximum Gasteiger partial charge on any atom is 0.270 e. The van der Waals surface area contributed by atoms with Crippen molar-refractivity contribution in [3.8, 4) is 17.3 Å². The number of carbonyl (C=O) groups excluding carboxylic acids is 2. The lowest BCUT2D eigenvalue weighted by molar-refractivity contribution is -0.118. The Morgan fingerprint density at radius 3 is 2.87 bits per heavy atom. The van der Waals surface area contributed by atoms with Gasteiger partial charge in [-0.25, -0.2) is 9.97 Å². The van der Waals surface area contributed by atoms with E-state index in [9.17, 15) is 9.59 Å². The molecule has 0 spiro atoms. The minimum atomic E-state index is -0.375. The topological polar surface area (TPSA) is 137 Å². The molecule has 1 aliphatic rings. The van der Waals surface area contributed by atoms with Crippen LogP contribution in [0.2, 0.25) is 0 Å². The first-order valence-electron chi connectivity index (χ1n) is 9.26. The fourth-order valence-corrected chi connectivity index (χ4v) is 2.72. The normalized spacial score (nSPS) is 13.2. The molecule has 0 saturated carbocycles. The van der Waals surface area contributed by atoms with Crippen molar-refractivity contribution in [1.29, 1.82) is 0 Å². The average Bonchev–Trinajstić information content (AvgIpc) is 3.23. The molecule has 11 heteroatoms. The van der Waals surface area contributed by atoms with E-state index in [2.05, 4.69) is 36.0 Å². The number of hydrogen-bond donors (Lipinski definition) is 2. The molecular weight excluding hydrogens is 388 g/mol. The number of carbonyl (C=O) groups is 2. The van der Waals surface area contributed by atoms with E-state index in [0.29, 0.717) is 23.0 Å². The number of fused-ring (bicyclic) bond motifs is 1. The molecule has 30 heavy (non-hydrogen) atoms. The van der Waals surface area contributed by atoms with Crippen LogP contribution in [0.4, 0.5) is 5.69 Å². The van der Waals surface area contributed by atoms with E-state index >= 15 is 0 Å². The van der Waals surface area contributed by atoms with E-state index in [1.807, 2.05) is 26.8 Å². The second kappa shape index (κ2) is 7.50. The Labute approximate surface area is 171 Å². The molecule has 0 aliphatic carbocycles. The minimum absolute atomic E-state index is 0.00248. The summed E-state index contributed by atoms with van der Waals surface area (Å²) < 4.78 is 5.33. The maximum atomic E-state index is 12.5. The fourth-order valence-electron chi connectivity index (χ4n) is 2.72. The van der Waals surface area contributed by atoms with Gasteiger partial charge in [0.05, 0.1) is 11.2 Å². The van der Waals surface area contributed by atoms with Crippen molar-refractivity contribution in [3.63, 3.8) is 0 Å². The number of rotatable bonds is 4. The number of hydrogen-bond acceptors (Lipinski definition) is 8. The lowest BCUT2D eigenvalue weighted by Gasteiger charge is -2.18. The Balaban J connectivity index is 1.46. The van der Waals surface area contributed by atoms with E-state index in [1.165, 1.54) is 17.2 Å². The molecule has 3 heterocycles. The number of amides is 2. The van der Waals surface area contributed by atoms with Crippen molar-refractivity contribution in [2.24, 2.45) is 0 Å². The SMILES string of the molecule is CC(C)(C)n1nnc(-c2cc(C(=O)NCc3ccc4c(c3)NC(=O)CO4)ncn2)n1. The van der Waals surface area contributed by atoms with Gasteiger partial charge in [0, 0.05) is 6.54 Å². The van der Waals surface area contributed by atoms with E-state index in [4.69, 9.17) is 4.74 Å². The monoisotopic (exact) mass is 408 g/mol. The molecule has 0 radical (unpaired) electrons. The zero-order valence-electron chi connectivity index (χ0n) is 16.7. The van der Waals surface area contributed by atoms with E-state index in [1.54, 1.807) is 12.1 Å². The van der Waals surface area contributed by atoms with E-state index in [-0.39, 0.29) is 36.2 Å².